The van der Waals surface area contributed by atoms with Crippen LogP contribution in [0.15, 0.2) is 6.33 Å². The number of aliphatic hydroxyl groups is 1. The van der Waals surface area contributed by atoms with Crippen LogP contribution in [0.2, 0.25) is 0 Å². The number of aliphatic hydroxyl groups excluding tert-OH is 1. The van der Waals surface area contributed by atoms with E-state index in [9.17, 15) is 15.2 Å². The zero-order valence-electron chi connectivity index (χ0n) is 12.2. The first kappa shape index (κ1) is 15.4. The molecule has 1 aromatic heterocycles. The maximum absolute atomic E-state index is 11.2. The highest BCUT2D eigenvalue weighted by atomic mass is 16.6. The van der Waals surface area contributed by atoms with Crippen LogP contribution in [-0.2, 0) is 0 Å². The summed E-state index contributed by atoms with van der Waals surface area (Å²) in [4.78, 5) is 18.4. The SMILES string of the molecule is COc1ncnc(NC2(CO)CCC(C)CC2)c1[N+](=O)[O-]. The Morgan fingerprint density at radius 2 is 2.19 bits per heavy atom. The molecule has 0 amide bonds. The van der Waals surface area contributed by atoms with Crippen molar-refractivity contribution in [3.05, 3.63) is 16.4 Å². The Labute approximate surface area is 122 Å². The van der Waals surface area contributed by atoms with Crippen LogP contribution in [0.3, 0.4) is 0 Å². The second-order valence-corrected chi connectivity index (χ2v) is 5.58. The lowest BCUT2D eigenvalue weighted by Crippen LogP contribution is -2.45. The van der Waals surface area contributed by atoms with Gasteiger partial charge in [-0.05, 0) is 31.6 Å². The van der Waals surface area contributed by atoms with Crippen molar-refractivity contribution in [3.8, 4) is 5.88 Å². The van der Waals surface area contributed by atoms with Crippen molar-refractivity contribution in [1.29, 1.82) is 0 Å². The number of anilines is 1. The van der Waals surface area contributed by atoms with Crippen LogP contribution < -0.4 is 10.1 Å². The molecule has 2 rings (SSSR count). The van der Waals surface area contributed by atoms with E-state index in [1.807, 2.05) is 0 Å². The minimum atomic E-state index is -0.573. The van der Waals surface area contributed by atoms with Crippen molar-refractivity contribution in [1.82, 2.24) is 9.97 Å². The molecule has 8 heteroatoms. The van der Waals surface area contributed by atoms with Crippen LogP contribution in [0.4, 0.5) is 11.5 Å². The van der Waals surface area contributed by atoms with Crippen LogP contribution >= 0.6 is 0 Å². The van der Waals surface area contributed by atoms with Gasteiger partial charge in [0.25, 0.3) is 5.88 Å². The molecule has 0 aliphatic heterocycles. The van der Waals surface area contributed by atoms with E-state index in [1.165, 1.54) is 13.4 Å². The summed E-state index contributed by atoms with van der Waals surface area (Å²) in [6.45, 7) is 2.07. The number of nitrogens with one attached hydrogen (secondary N) is 1. The van der Waals surface area contributed by atoms with E-state index >= 15 is 0 Å². The molecular formula is C13H20N4O4. The van der Waals surface area contributed by atoms with Gasteiger partial charge in [0.15, 0.2) is 0 Å². The standard InChI is InChI=1S/C13H20N4O4/c1-9-3-5-13(7-18,6-4-9)16-11-10(17(19)20)12(21-2)15-8-14-11/h8-9,18H,3-7H2,1-2H3,(H,14,15,16). The average Bonchev–Trinajstić information content (AvgIpc) is 2.49. The van der Waals surface area contributed by atoms with E-state index in [0.717, 1.165) is 25.7 Å². The Hall–Kier alpha value is -1.96. The van der Waals surface area contributed by atoms with Crippen molar-refractivity contribution >= 4 is 11.5 Å². The molecular weight excluding hydrogens is 276 g/mol. The predicted octanol–water partition coefficient (Wildman–Crippen LogP) is 1.75. The van der Waals surface area contributed by atoms with Gasteiger partial charge >= 0.3 is 5.69 Å². The lowest BCUT2D eigenvalue weighted by Gasteiger charge is -2.38. The van der Waals surface area contributed by atoms with Gasteiger partial charge in [-0.25, -0.2) is 4.98 Å². The number of aromatic nitrogens is 2. The Morgan fingerprint density at radius 1 is 1.52 bits per heavy atom. The minimum absolute atomic E-state index is 0.0882. The van der Waals surface area contributed by atoms with E-state index in [0.29, 0.717) is 5.92 Å². The van der Waals surface area contributed by atoms with Crippen LogP contribution in [0.25, 0.3) is 0 Å². The normalized spacial score (nSPS) is 25.4. The molecule has 0 saturated heterocycles. The van der Waals surface area contributed by atoms with Crippen LogP contribution in [0.5, 0.6) is 5.88 Å². The van der Waals surface area contributed by atoms with Gasteiger partial charge in [-0.1, -0.05) is 6.92 Å². The lowest BCUT2D eigenvalue weighted by molar-refractivity contribution is -0.385. The first-order chi connectivity index (χ1) is 10.0. The number of ether oxygens (including phenoxy) is 1. The predicted molar refractivity (Wildman–Crippen MR) is 76.3 cm³/mol. The summed E-state index contributed by atoms with van der Waals surface area (Å²) in [5, 5.41) is 24.0. The molecule has 2 N–H and O–H groups in total. The second kappa shape index (κ2) is 6.21. The maximum atomic E-state index is 11.2. The third kappa shape index (κ3) is 3.21. The van der Waals surface area contributed by atoms with Crippen LogP contribution in [0.1, 0.15) is 32.6 Å². The van der Waals surface area contributed by atoms with Gasteiger partial charge < -0.3 is 15.2 Å². The van der Waals surface area contributed by atoms with Gasteiger partial charge in [0.2, 0.25) is 5.82 Å². The van der Waals surface area contributed by atoms with E-state index in [-0.39, 0.29) is 24.0 Å². The van der Waals surface area contributed by atoms with Crippen molar-refractivity contribution < 1.29 is 14.8 Å². The molecule has 0 radical (unpaired) electrons. The topological polar surface area (TPSA) is 110 Å². The molecule has 1 saturated carbocycles. The summed E-state index contributed by atoms with van der Waals surface area (Å²) in [6, 6.07) is 0. The summed E-state index contributed by atoms with van der Waals surface area (Å²) in [5.41, 5.74) is -0.872. The van der Waals surface area contributed by atoms with Gasteiger partial charge in [0, 0.05) is 0 Å². The molecule has 1 aliphatic rings. The molecule has 8 nitrogen and oxygen atoms in total. The van der Waals surface area contributed by atoms with Crippen molar-refractivity contribution in [3.63, 3.8) is 0 Å². The maximum Gasteiger partial charge on any atom is 0.372 e. The first-order valence-corrected chi connectivity index (χ1v) is 6.94. The molecule has 0 bridgehead atoms. The number of nitro groups is 1. The van der Waals surface area contributed by atoms with E-state index < -0.39 is 10.5 Å². The lowest BCUT2D eigenvalue weighted by atomic mass is 9.77. The highest BCUT2D eigenvalue weighted by Gasteiger charge is 2.36. The molecule has 1 heterocycles. The van der Waals surface area contributed by atoms with Crippen LogP contribution in [-0.4, -0.2) is 39.3 Å². The molecule has 1 aliphatic carbocycles. The van der Waals surface area contributed by atoms with Gasteiger partial charge in [-0.2, -0.15) is 4.98 Å². The van der Waals surface area contributed by atoms with Crippen molar-refractivity contribution in [2.24, 2.45) is 5.92 Å². The Kier molecular flexibility index (Phi) is 4.56. The van der Waals surface area contributed by atoms with Crippen molar-refractivity contribution in [2.45, 2.75) is 38.1 Å². The number of rotatable bonds is 5. The van der Waals surface area contributed by atoms with Gasteiger partial charge in [-0.15, -0.1) is 0 Å². The number of methoxy groups -OCH3 is 1. The first-order valence-electron chi connectivity index (χ1n) is 6.94. The number of nitrogens with zero attached hydrogens (tertiary/aromatic N) is 3. The second-order valence-electron chi connectivity index (χ2n) is 5.58. The highest BCUT2D eigenvalue weighted by Crippen LogP contribution is 2.38. The Morgan fingerprint density at radius 3 is 2.71 bits per heavy atom. The van der Waals surface area contributed by atoms with E-state index in [1.54, 1.807) is 0 Å². The molecule has 0 unspecified atom stereocenters. The van der Waals surface area contributed by atoms with E-state index in [2.05, 4.69) is 22.2 Å². The Bertz CT molecular complexity index is 515. The summed E-state index contributed by atoms with van der Waals surface area (Å²) in [5.74, 6) is 0.603. The fraction of sp³-hybridized carbons (Fsp3) is 0.692. The van der Waals surface area contributed by atoms with Gasteiger partial charge in [0.1, 0.15) is 6.33 Å². The fourth-order valence-corrected chi connectivity index (χ4v) is 2.66. The third-order valence-electron chi connectivity index (χ3n) is 4.08. The Balaban J connectivity index is 2.31. The molecule has 116 valence electrons. The molecule has 1 fully saturated rings. The van der Waals surface area contributed by atoms with Gasteiger partial charge in [0.05, 0.1) is 24.2 Å². The summed E-state index contributed by atoms with van der Waals surface area (Å²) < 4.78 is 4.92. The smallest absolute Gasteiger partial charge is 0.372 e. The number of hydrogen-bond acceptors (Lipinski definition) is 7. The van der Waals surface area contributed by atoms with Crippen LogP contribution in [0, 0.1) is 16.0 Å². The average molecular weight is 296 g/mol. The third-order valence-corrected chi connectivity index (χ3v) is 4.08. The zero-order chi connectivity index (χ0) is 15.5. The zero-order valence-corrected chi connectivity index (χ0v) is 12.2. The molecule has 0 spiro atoms. The molecule has 0 aromatic carbocycles. The number of hydrogen-bond donors (Lipinski definition) is 2. The van der Waals surface area contributed by atoms with Crippen molar-refractivity contribution in [2.75, 3.05) is 19.0 Å². The molecule has 1 aromatic rings. The monoisotopic (exact) mass is 296 g/mol. The molecule has 0 atom stereocenters. The summed E-state index contributed by atoms with van der Waals surface area (Å²) >= 11 is 0. The highest BCUT2D eigenvalue weighted by molar-refractivity contribution is 5.62. The summed E-state index contributed by atoms with van der Waals surface area (Å²) in [7, 11) is 1.32. The van der Waals surface area contributed by atoms with Gasteiger partial charge in [-0.3, -0.25) is 10.1 Å². The largest absolute Gasteiger partial charge is 0.476 e. The fourth-order valence-electron chi connectivity index (χ4n) is 2.66. The quantitative estimate of drug-likeness (QED) is 0.629. The summed E-state index contributed by atoms with van der Waals surface area (Å²) in [6.07, 6.45) is 4.63. The molecule has 21 heavy (non-hydrogen) atoms. The van der Waals surface area contributed by atoms with E-state index in [4.69, 9.17) is 4.74 Å². The minimum Gasteiger partial charge on any atom is -0.476 e.